The summed E-state index contributed by atoms with van der Waals surface area (Å²) in [7, 11) is 1.45. The fraction of sp³-hybridized carbons (Fsp3) is 0.222. The van der Waals surface area contributed by atoms with Crippen molar-refractivity contribution in [3.05, 3.63) is 29.8 Å². The van der Waals surface area contributed by atoms with Crippen LogP contribution in [0.3, 0.4) is 0 Å². The number of para-hydroxylation sites is 1. The molecule has 0 spiro atoms. The minimum Gasteiger partial charge on any atom is -0.496 e. The summed E-state index contributed by atoms with van der Waals surface area (Å²) in [5, 5.41) is 8.33. The summed E-state index contributed by atoms with van der Waals surface area (Å²) < 4.78 is 17.7. The fourth-order valence-corrected chi connectivity index (χ4v) is 0.945. The summed E-state index contributed by atoms with van der Waals surface area (Å²) in [6.45, 7) is 0. The van der Waals surface area contributed by atoms with Crippen LogP contribution in [0.5, 0.6) is 5.75 Å². The van der Waals surface area contributed by atoms with E-state index >= 15 is 0 Å². The maximum Gasteiger partial charge on any atom is 0.214 e. The zero-order valence-electron chi connectivity index (χ0n) is 6.62. The van der Waals surface area contributed by atoms with Crippen LogP contribution in [0.4, 0.5) is 4.39 Å². The molecule has 12 heavy (non-hydrogen) atoms. The highest BCUT2D eigenvalue weighted by atomic mass is 19.1. The van der Waals surface area contributed by atoms with Crippen LogP contribution in [0.2, 0.25) is 0 Å². The second kappa shape index (κ2) is 3.72. The van der Waals surface area contributed by atoms with Gasteiger partial charge in [0.2, 0.25) is 6.17 Å². The standard InChI is InChI=1S/C9H8FNO/c1-12-9-5-3-2-4-7(9)8(10)6-11/h2-5,8H,1H3. The van der Waals surface area contributed by atoms with Gasteiger partial charge in [-0.25, -0.2) is 4.39 Å². The van der Waals surface area contributed by atoms with Crippen molar-refractivity contribution in [1.29, 1.82) is 5.26 Å². The van der Waals surface area contributed by atoms with Gasteiger partial charge >= 0.3 is 0 Å². The van der Waals surface area contributed by atoms with Crippen LogP contribution in [0.25, 0.3) is 0 Å². The van der Waals surface area contributed by atoms with Crippen LogP contribution < -0.4 is 4.74 Å². The molecule has 0 aliphatic heterocycles. The number of ether oxygens (including phenoxy) is 1. The number of nitriles is 1. The average molecular weight is 165 g/mol. The van der Waals surface area contributed by atoms with Crippen molar-refractivity contribution in [2.45, 2.75) is 6.17 Å². The molecule has 0 N–H and O–H groups in total. The van der Waals surface area contributed by atoms with Crippen LogP contribution in [0, 0.1) is 11.3 Å². The molecule has 0 radical (unpaired) electrons. The van der Waals surface area contributed by atoms with E-state index in [1.807, 2.05) is 0 Å². The van der Waals surface area contributed by atoms with Gasteiger partial charge < -0.3 is 4.74 Å². The molecule has 2 nitrogen and oxygen atoms in total. The Morgan fingerprint density at radius 1 is 1.50 bits per heavy atom. The molecular formula is C9H8FNO. The average Bonchev–Trinajstić information content (AvgIpc) is 2.16. The lowest BCUT2D eigenvalue weighted by molar-refractivity contribution is 0.375. The van der Waals surface area contributed by atoms with Crippen LogP contribution in [-0.4, -0.2) is 7.11 Å². The second-order valence-corrected chi connectivity index (χ2v) is 2.23. The van der Waals surface area contributed by atoms with E-state index in [2.05, 4.69) is 0 Å². The van der Waals surface area contributed by atoms with Gasteiger partial charge in [-0.1, -0.05) is 18.2 Å². The van der Waals surface area contributed by atoms with Gasteiger partial charge in [0.1, 0.15) is 11.8 Å². The lowest BCUT2D eigenvalue weighted by Crippen LogP contribution is -1.93. The van der Waals surface area contributed by atoms with Crippen molar-refractivity contribution < 1.29 is 9.13 Å². The number of rotatable bonds is 2. The Hall–Kier alpha value is -1.56. The molecule has 62 valence electrons. The Balaban J connectivity index is 3.06. The molecule has 0 fully saturated rings. The van der Waals surface area contributed by atoms with E-state index in [0.29, 0.717) is 5.75 Å². The molecule has 1 atom stereocenters. The number of benzene rings is 1. The van der Waals surface area contributed by atoms with E-state index < -0.39 is 6.17 Å². The number of hydrogen-bond donors (Lipinski definition) is 0. The number of halogens is 1. The largest absolute Gasteiger partial charge is 0.496 e. The lowest BCUT2D eigenvalue weighted by Gasteiger charge is -2.06. The molecule has 0 aliphatic rings. The molecule has 1 aromatic rings. The highest BCUT2D eigenvalue weighted by Crippen LogP contribution is 2.26. The van der Waals surface area contributed by atoms with E-state index in [9.17, 15) is 4.39 Å². The van der Waals surface area contributed by atoms with E-state index in [-0.39, 0.29) is 5.56 Å². The normalized spacial score (nSPS) is 11.8. The highest BCUT2D eigenvalue weighted by Gasteiger charge is 2.12. The third-order valence-corrected chi connectivity index (χ3v) is 1.53. The first kappa shape index (κ1) is 8.54. The summed E-state index contributed by atoms with van der Waals surface area (Å²) in [5.41, 5.74) is 0.280. The quantitative estimate of drug-likeness (QED) is 0.673. The molecule has 0 aliphatic carbocycles. The minimum atomic E-state index is -1.61. The Labute approximate surface area is 70.2 Å². The van der Waals surface area contributed by atoms with Gasteiger partial charge in [-0.05, 0) is 6.07 Å². The van der Waals surface area contributed by atoms with Crippen LogP contribution in [0.15, 0.2) is 24.3 Å². The van der Waals surface area contributed by atoms with Gasteiger partial charge in [0, 0.05) is 5.56 Å². The third kappa shape index (κ3) is 1.54. The predicted molar refractivity (Wildman–Crippen MR) is 42.5 cm³/mol. The first-order chi connectivity index (χ1) is 5.79. The molecule has 3 heteroatoms. The van der Waals surface area contributed by atoms with Crippen molar-refractivity contribution in [3.8, 4) is 11.8 Å². The molecule has 1 aromatic carbocycles. The molecule has 0 heterocycles. The Morgan fingerprint density at radius 2 is 2.17 bits per heavy atom. The number of alkyl halides is 1. The number of hydrogen-bond acceptors (Lipinski definition) is 2. The Morgan fingerprint density at radius 3 is 2.75 bits per heavy atom. The number of nitrogens with zero attached hydrogens (tertiary/aromatic N) is 1. The Bertz CT molecular complexity index is 306. The topological polar surface area (TPSA) is 33.0 Å². The van der Waals surface area contributed by atoms with Crippen LogP contribution in [0.1, 0.15) is 11.7 Å². The molecular weight excluding hydrogens is 157 g/mol. The SMILES string of the molecule is COc1ccccc1C(F)C#N. The minimum absolute atomic E-state index is 0.280. The van der Waals surface area contributed by atoms with E-state index in [0.717, 1.165) is 0 Å². The molecule has 0 saturated heterocycles. The lowest BCUT2D eigenvalue weighted by atomic mass is 10.1. The Kier molecular flexibility index (Phi) is 2.65. The summed E-state index contributed by atoms with van der Waals surface area (Å²) in [5.74, 6) is 0.409. The van der Waals surface area contributed by atoms with Gasteiger partial charge in [0.15, 0.2) is 0 Å². The first-order valence-corrected chi connectivity index (χ1v) is 3.46. The summed E-state index contributed by atoms with van der Waals surface area (Å²) >= 11 is 0. The molecule has 0 saturated carbocycles. The second-order valence-electron chi connectivity index (χ2n) is 2.23. The summed E-state index contributed by atoms with van der Waals surface area (Å²) in [4.78, 5) is 0. The molecule has 1 rings (SSSR count). The van der Waals surface area contributed by atoms with Gasteiger partial charge in [-0.3, -0.25) is 0 Å². The molecule has 0 amide bonds. The molecule has 0 aromatic heterocycles. The zero-order valence-corrected chi connectivity index (χ0v) is 6.62. The number of methoxy groups -OCH3 is 1. The van der Waals surface area contributed by atoms with E-state index in [4.69, 9.17) is 10.00 Å². The van der Waals surface area contributed by atoms with Crippen LogP contribution >= 0.6 is 0 Å². The zero-order chi connectivity index (χ0) is 8.97. The predicted octanol–water partition coefficient (Wildman–Crippen LogP) is 2.23. The van der Waals surface area contributed by atoms with Crippen molar-refractivity contribution in [2.75, 3.05) is 7.11 Å². The van der Waals surface area contributed by atoms with E-state index in [1.165, 1.54) is 19.2 Å². The maximum absolute atomic E-state index is 12.9. The third-order valence-electron chi connectivity index (χ3n) is 1.53. The monoisotopic (exact) mass is 165 g/mol. The van der Waals surface area contributed by atoms with E-state index in [1.54, 1.807) is 18.2 Å². The van der Waals surface area contributed by atoms with Crippen molar-refractivity contribution in [1.82, 2.24) is 0 Å². The van der Waals surface area contributed by atoms with Gasteiger partial charge in [-0.2, -0.15) is 5.26 Å². The summed E-state index contributed by atoms with van der Waals surface area (Å²) in [6, 6.07) is 8.06. The highest BCUT2D eigenvalue weighted by molar-refractivity contribution is 5.37. The first-order valence-electron chi connectivity index (χ1n) is 3.46. The van der Waals surface area contributed by atoms with Gasteiger partial charge in [0.25, 0.3) is 0 Å². The van der Waals surface area contributed by atoms with Crippen molar-refractivity contribution in [2.24, 2.45) is 0 Å². The fourth-order valence-electron chi connectivity index (χ4n) is 0.945. The smallest absolute Gasteiger partial charge is 0.214 e. The van der Waals surface area contributed by atoms with Crippen molar-refractivity contribution in [3.63, 3.8) is 0 Å². The van der Waals surface area contributed by atoms with Gasteiger partial charge in [-0.15, -0.1) is 0 Å². The summed E-state index contributed by atoms with van der Waals surface area (Å²) in [6.07, 6.45) is -1.61. The van der Waals surface area contributed by atoms with Gasteiger partial charge in [0.05, 0.1) is 7.11 Å². The van der Waals surface area contributed by atoms with Crippen LogP contribution in [-0.2, 0) is 0 Å². The molecule has 1 unspecified atom stereocenters. The molecule has 0 bridgehead atoms. The van der Waals surface area contributed by atoms with Crippen molar-refractivity contribution >= 4 is 0 Å². The maximum atomic E-state index is 12.9.